The summed E-state index contributed by atoms with van der Waals surface area (Å²) >= 11 is 11.4. The lowest BCUT2D eigenvalue weighted by molar-refractivity contribution is 0.161. The Morgan fingerprint density at radius 2 is 1.50 bits per heavy atom. The molecule has 2 atom stereocenters. The molecule has 26 heavy (non-hydrogen) atoms. The van der Waals surface area contributed by atoms with Crippen LogP contribution in [0.5, 0.6) is 0 Å². The molecule has 1 aromatic carbocycles. The number of aryl methyl sites for hydroxylation is 1. The molecule has 0 spiro atoms. The van der Waals surface area contributed by atoms with Crippen LogP contribution in [-0.4, -0.2) is 21.2 Å². The van der Waals surface area contributed by atoms with Gasteiger partial charge in [-0.05, 0) is 50.1 Å². The molecular formula is C21H22Cl2N2O. The summed E-state index contributed by atoms with van der Waals surface area (Å²) in [6.45, 7) is 3.74. The van der Waals surface area contributed by atoms with Crippen molar-refractivity contribution in [3.05, 3.63) is 94.0 Å². The molecule has 136 valence electrons. The fourth-order valence-corrected chi connectivity index (χ4v) is 2.69. The maximum absolute atomic E-state index is 9.93. The molecule has 0 aliphatic rings. The summed E-state index contributed by atoms with van der Waals surface area (Å²) in [5.74, 6) is 0.0554. The van der Waals surface area contributed by atoms with E-state index in [9.17, 15) is 5.11 Å². The molecule has 1 N–H and O–H groups in total. The van der Waals surface area contributed by atoms with Gasteiger partial charge in [-0.2, -0.15) is 0 Å². The highest BCUT2D eigenvalue weighted by atomic mass is 35.5. The maximum Gasteiger partial charge on any atom is 0.0589 e. The second-order valence-electron chi connectivity index (χ2n) is 6.05. The van der Waals surface area contributed by atoms with Crippen molar-refractivity contribution in [1.29, 1.82) is 0 Å². The first kappa shape index (κ1) is 20.4. The first-order valence-electron chi connectivity index (χ1n) is 8.37. The van der Waals surface area contributed by atoms with E-state index in [1.807, 2.05) is 68.4 Å². The minimum atomic E-state index is -0.412. The SMILES string of the molecule is C[C@@H](O)[C@@H](Cc1ccc(Cl)cn1)c1ccccc1.Cc1ccc(Cl)cn1. The summed E-state index contributed by atoms with van der Waals surface area (Å²) in [6, 6.07) is 17.4. The number of pyridine rings is 2. The molecule has 0 bridgehead atoms. The van der Waals surface area contributed by atoms with E-state index in [0.717, 1.165) is 17.0 Å². The van der Waals surface area contributed by atoms with Crippen LogP contribution in [-0.2, 0) is 6.42 Å². The van der Waals surface area contributed by atoms with E-state index in [1.54, 1.807) is 12.4 Å². The first-order valence-corrected chi connectivity index (χ1v) is 9.13. The van der Waals surface area contributed by atoms with Crippen LogP contribution in [0.4, 0.5) is 0 Å². The zero-order valence-corrected chi connectivity index (χ0v) is 16.3. The number of benzene rings is 1. The number of aromatic nitrogens is 2. The number of aliphatic hydroxyl groups is 1. The van der Waals surface area contributed by atoms with Gasteiger partial charge in [0.2, 0.25) is 0 Å². The first-order chi connectivity index (χ1) is 12.5. The molecule has 2 heterocycles. The van der Waals surface area contributed by atoms with Gasteiger partial charge in [-0.3, -0.25) is 9.97 Å². The third-order valence-corrected chi connectivity index (χ3v) is 4.35. The molecule has 0 aliphatic heterocycles. The van der Waals surface area contributed by atoms with Crippen LogP contribution in [0, 0.1) is 6.92 Å². The minimum Gasteiger partial charge on any atom is -0.393 e. The average molecular weight is 389 g/mol. The number of hydrogen-bond acceptors (Lipinski definition) is 3. The fraction of sp³-hybridized carbons (Fsp3) is 0.238. The van der Waals surface area contributed by atoms with Gasteiger partial charge in [-0.1, -0.05) is 53.5 Å². The Labute approximate surface area is 164 Å². The highest BCUT2D eigenvalue weighted by Gasteiger charge is 2.18. The van der Waals surface area contributed by atoms with Crippen LogP contribution >= 0.6 is 23.2 Å². The average Bonchev–Trinajstić information content (AvgIpc) is 2.64. The molecule has 3 rings (SSSR count). The summed E-state index contributed by atoms with van der Waals surface area (Å²) in [7, 11) is 0. The minimum absolute atomic E-state index is 0.0554. The van der Waals surface area contributed by atoms with E-state index in [0.29, 0.717) is 16.5 Å². The van der Waals surface area contributed by atoms with E-state index in [2.05, 4.69) is 9.97 Å². The standard InChI is InChI=1S/C15H16ClNO.C6H6ClN/c1-11(18)15(12-5-3-2-4-6-12)9-14-8-7-13(16)10-17-14;1-5-2-3-6(7)4-8-5/h2-8,10-11,15,18H,9H2,1H3;2-4H,1H3/t11-,15-;/m1./s1. The summed E-state index contributed by atoms with van der Waals surface area (Å²) in [4.78, 5) is 8.23. The van der Waals surface area contributed by atoms with Gasteiger partial charge in [-0.15, -0.1) is 0 Å². The van der Waals surface area contributed by atoms with E-state index in [4.69, 9.17) is 23.2 Å². The Morgan fingerprint density at radius 3 is 1.96 bits per heavy atom. The predicted octanol–water partition coefficient (Wildman–Crippen LogP) is 5.49. The molecule has 3 aromatic rings. The monoisotopic (exact) mass is 388 g/mol. The Morgan fingerprint density at radius 1 is 0.885 bits per heavy atom. The van der Waals surface area contributed by atoms with Crippen molar-refractivity contribution in [3.63, 3.8) is 0 Å². The zero-order chi connectivity index (χ0) is 18.9. The van der Waals surface area contributed by atoms with Crippen molar-refractivity contribution in [3.8, 4) is 0 Å². The lowest BCUT2D eigenvalue weighted by atomic mass is 9.90. The lowest BCUT2D eigenvalue weighted by Gasteiger charge is -2.20. The molecular weight excluding hydrogens is 367 g/mol. The van der Waals surface area contributed by atoms with Crippen LogP contribution in [0.1, 0.15) is 29.8 Å². The van der Waals surface area contributed by atoms with Gasteiger partial charge in [0, 0.05) is 29.7 Å². The molecule has 3 nitrogen and oxygen atoms in total. The highest BCUT2D eigenvalue weighted by molar-refractivity contribution is 6.30. The molecule has 0 radical (unpaired) electrons. The topological polar surface area (TPSA) is 46.0 Å². The zero-order valence-electron chi connectivity index (χ0n) is 14.8. The molecule has 2 aromatic heterocycles. The summed E-state index contributed by atoms with van der Waals surface area (Å²) < 4.78 is 0. The van der Waals surface area contributed by atoms with Gasteiger partial charge in [-0.25, -0.2) is 0 Å². The lowest BCUT2D eigenvalue weighted by Crippen LogP contribution is -2.17. The van der Waals surface area contributed by atoms with Gasteiger partial charge >= 0.3 is 0 Å². The van der Waals surface area contributed by atoms with Crippen molar-refractivity contribution in [2.75, 3.05) is 0 Å². The Kier molecular flexibility index (Phi) is 8.05. The fourth-order valence-electron chi connectivity index (χ4n) is 2.47. The molecule has 0 amide bonds. The van der Waals surface area contributed by atoms with Crippen LogP contribution < -0.4 is 0 Å². The maximum atomic E-state index is 9.93. The number of rotatable bonds is 4. The third kappa shape index (κ3) is 6.75. The van der Waals surface area contributed by atoms with E-state index >= 15 is 0 Å². The molecule has 0 unspecified atom stereocenters. The smallest absolute Gasteiger partial charge is 0.0589 e. The Bertz CT molecular complexity index is 754. The van der Waals surface area contributed by atoms with Crippen molar-refractivity contribution < 1.29 is 5.11 Å². The summed E-state index contributed by atoms with van der Waals surface area (Å²) in [5.41, 5.74) is 3.06. The molecule has 0 saturated heterocycles. The van der Waals surface area contributed by atoms with Gasteiger partial charge < -0.3 is 5.11 Å². The van der Waals surface area contributed by atoms with Crippen molar-refractivity contribution in [2.45, 2.75) is 32.3 Å². The van der Waals surface area contributed by atoms with Crippen LogP contribution in [0.25, 0.3) is 0 Å². The van der Waals surface area contributed by atoms with Crippen molar-refractivity contribution in [1.82, 2.24) is 9.97 Å². The molecule has 0 saturated carbocycles. The highest BCUT2D eigenvalue weighted by Crippen LogP contribution is 2.24. The number of aliphatic hydroxyl groups excluding tert-OH is 1. The van der Waals surface area contributed by atoms with Crippen LogP contribution in [0.3, 0.4) is 0 Å². The van der Waals surface area contributed by atoms with E-state index in [1.165, 1.54) is 0 Å². The van der Waals surface area contributed by atoms with Gasteiger partial charge in [0.15, 0.2) is 0 Å². The summed E-state index contributed by atoms with van der Waals surface area (Å²) in [6.07, 6.45) is 3.57. The van der Waals surface area contributed by atoms with E-state index in [-0.39, 0.29) is 5.92 Å². The number of hydrogen-bond donors (Lipinski definition) is 1. The van der Waals surface area contributed by atoms with Gasteiger partial charge in [0.1, 0.15) is 0 Å². The van der Waals surface area contributed by atoms with Gasteiger partial charge in [0.05, 0.1) is 16.1 Å². The molecule has 5 heteroatoms. The van der Waals surface area contributed by atoms with Crippen LogP contribution in [0.15, 0.2) is 67.0 Å². The number of nitrogens with zero attached hydrogens (tertiary/aromatic N) is 2. The largest absolute Gasteiger partial charge is 0.393 e. The second-order valence-corrected chi connectivity index (χ2v) is 6.92. The molecule has 0 fully saturated rings. The predicted molar refractivity (Wildman–Crippen MR) is 108 cm³/mol. The Hall–Kier alpha value is -1.94. The van der Waals surface area contributed by atoms with Crippen LogP contribution in [0.2, 0.25) is 10.0 Å². The molecule has 0 aliphatic carbocycles. The summed E-state index contributed by atoms with van der Waals surface area (Å²) in [5, 5.41) is 11.2. The Balaban J connectivity index is 0.000000254. The van der Waals surface area contributed by atoms with E-state index < -0.39 is 6.10 Å². The second kappa shape index (κ2) is 10.3. The number of halogens is 2. The quantitative estimate of drug-likeness (QED) is 0.642. The normalized spacial score (nSPS) is 12.7. The van der Waals surface area contributed by atoms with Gasteiger partial charge in [0.25, 0.3) is 0 Å². The van der Waals surface area contributed by atoms with Crippen molar-refractivity contribution in [2.24, 2.45) is 0 Å². The van der Waals surface area contributed by atoms with Crippen molar-refractivity contribution >= 4 is 23.2 Å². The third-order valence-electron chi connectivity index (χ3n) is 3.90.